The number of epoxide rings is 1. The van der Waals surface area contributed by atoms with Crippen LogP contribution in [0.25, 0.3) is 0 Å². The maximum Gasteiger partial charge on any atom is 0.183 e. The largest absolute Gasteiger partial charge is 0.391 e. The van der Waals surface area contributed by atoms with E-state index in [1.807, 2.05) is 0 Å². The Morgan fingerprint density at radius 3 is 2.57 bits per heavy atom. The van der Waals surface area contributed by atoms with E-state index in [0.717, 1.165) is 0 Å². The van der Waals surface area contributed by atoms with Crippen LogP contribution in [0.4, 0.5) is 0 Å². The Labute approximate surface area is 83.6 Å². The monoisotopic (exact) mass is 205 g/mol. The molecule has 0 amide bonds. The number of rotatable bonds is 7. The summed E-state index contributed by atoms with van der Waals surface area (Å²) in [7, 11) is 0. The minimum absolute atomic E-state index is 0.0427. The van der Waals surface area contributed by atoms with Crippen LogP contribution in [0.15, 0.2) is 0 Å². The zero-order valence-corrected chi connectivity index (χ0v) is 8.26. The van der Waals surface area contributed by atoms with E-state index in [4.69, 9.17) is 19.3 Å². The van der Waals surface area contributed by atoms with Crippen LogP contribution >= 0.6 is 0 Å². The molecule has 0 spiro atoms. The topological polar surface area (TPSA) is 71.5 Å². The smallest absolute Gasteiger partial charge is 0.183 e. The van der Waals surface area contributed by atoms with Gasteiger partial charge in [-0.2, -0.15) is 0 Å². The van der Waals surface area contributed by atoms with Crippen LogP contribution in [0.3, 0.4) is 0 Å². The van der Waals surface area contributed by atoms with E-state index < -0.39 is 18.5 Å². The van der Waals surface area contributed by atoms with E-state index in [1.54, 1.807) is 6.92 Å². The molecule has 0 aliphatic carbocycles. The molecule has 2 N–H and O–H groups in total. The average Bonchev–Trinajstić information content (AvgIpc) is 2.86. The highest BCUT2D eigenvalue weighted by Crippen LogP contribution is 2.12. The van der Waals surface area contributed by atoms with E-state index in [1.165, 1.54) is 0 Å². The molecular weight excluding hydrogens is 188 g/mol. The van der Waals surface area contributed by atoms with Gasteiger partial charge in [-0.3, -0.25) is 0 Å². The number of aliphatic hydroxyl groups is 2. The summed E-state index contributed by atoms with van der Waals surface area (Å²) < 4.78 is 15.3. The fourth-order valence-electron chi connectivity index (χ4n) is 0.899. The lowest BCUT2D eigenvalue weighted by atomic mass is 10.4. The molecule has 4 atom stereocenters. The van der Waals surface area contributed by atoms with Crippen LogP contribution in [0.2, 0.25) is 0 Å². The van der Waals surface area contributed by atoms with Crippen molar-refractivity contribution >= 4 is 0 Å². The molecule has 1 fully saturated rings. The molecular formula is C9H17O5. The van der Waals surface area contributed by atoms with Gasteiger partial charge in [0.2, 0.25) is 0 Å². The first-order chi connectivity index (χ1) is 6.59. The molecule has 0 saturated carbocycles. The Balaban J connectivity index is 2.15. The number of hydrogen-bond acceptors (Lipinski definition) is 5. The minimum atomic E-state index is -0.808. The fraction of sp³-hybridized carbons (Fsp3) is 0.889. The Morgan fingerprint density at radius 1 is 1.50 bits per heavy atom. The van der Waals surface area contributed by atoms with Crippen LogP contribution in [0, 0.1) is 6.92 Å². The normalized spacial score (nSPS) is 27.0. The molecule has 0 bridgehead atoms. The van der Waals surface area contributed by atoms with Crippen molar-refractivity contribution in [2.45, 2.75) is 31.5 Å². The van der Waals surface area contributed by atoms with Gasteiger partial charge in [-0.25, -0.2) is 0 Å². The first kappa shape index (κ1) is 11.9. The molecule has 4 unspecified atom stereocenters. The third kappa shape index (κ3) is 4.88. The molecule has 1 heterocycles. The summed E-state index contributed by atoms with van der Waals surface area (Å²) in [5.74, 6) is 0. The molecule has 83 valence electrons. The second-order valence-electron chi connectivity index (χ2n) is 3.38. The Kier molecular flexibility index (Phi) is 4.77. The average molecular weight is 205 g/mol. The number of hydrogen-bond donors (Lipinski definition) is 2. The van der Waals surface area contributed by atoms with Crippen molar-refractivity contribution in [3.05, 3.63) is 6.92 Å². The van der Waals surface area contributed by atoms with Gasteiger partial charge in [-0.15, -0.1) is 0 Å². The highest BCUT2D eigenvalue weighted by molar-refractivity contribution is 4.68. The van der Waals surface area contributed by atoms with Gasteiger partial charge in [0.15, 0.2) is 6.29 Å². The Hall–Kier alpha value is -0.200. The fourth-order valence-corrected chi connectivity index (χ4v) is 0.899. The van der Waals surface area contributed by atoms with Gasteiger partial charge in [0.05, 0.1) is 25.9 Å². The first-order valence-electron chi connectivity index (χ1n) is 4.63. The summed E-state index contributed by atoms with van der Waals surface area (Å²) in [5.41, 5.74) is 0. The first-order valence-corrected chi connectivity index (χ1v) is 4.63. The predicted molar refractivity (Wildman–Crippen MR) is 48.5 cm³/mol. The lowest BCUT2D eigenvalue weighted by Gasteiger charge is -2.21. The van der Waals surface area contributed by atoms with Gasteiger partial charge in [-0.05, 0) is 13.8 Å². The summed E-state index contributed by atoms with van der Waals surface area (Å²) in [6.07, 6.45) is -2.15. The van der Waals surface area contributed by atoms with Crippen molar-refractivity contribution in [3.63, 3.8) is 0 Å². The Bertz CT molecular complexity index is 149. The van der Waals surface area contributed by atoms with Crippen molar-refractivity contribution in [3.8, 4) is 0 Å². The molecule has 1 radical (unpaired) electrons. The quantitative estimate of drug-likeness (QED) is 0.425. The van der Waals surface area contributed by atoms with Crippen LogP contribution in [-0.4, -0.2) is 54.6 Å². The third-order valence-electron chi connectivity index (χ3n) is 1.70. The second kappa shape index (κ2) is 5.63. The number of ether oxygens (including phenoxy) is 3. The molecule has 5 nitrogen and oxygen atoms in total. The van der Waals surface area contributed by atoms with Gasteiger partial charge >= 0.3 is 0 Å². The van der Waals surface area contributed by atoms with Crippen LogP contribution in [-0.2, 0) is 14.2 Å². The van der Waals surface area contributed by atoms with E-state index in [2.05, 4.69) is 6.92 Å². The van der Waals surface area contributed by atoms with Crippen molar-refractivity contribution in [2.24, 2.45) is 0 Å². The summed E-state index contributed by atoms with van der Waals surface area (Å²) in [6.45, 7) is 6.06. The third-order valence-corrected chi connectivity index (χ3v) is 1.70. The highest BCUT2D eigenvalue weighted by Gasteiger charge is 2.26. The van der Waals surface area contributed by atoms with E-state index >= 15 is 0 Å². The van der Waals surface area contributed by atoms with Crippen molar-refractivity contribution in [1.82, 2.24) is 0 Å². The predicted octanol–water partition coefficient (Wildman–Crippen LogP) is -0.680. The van der Waals surface area contributed by atoms with Gasteiger partial charge in [0.1, 0.15) is 12.2 Å². The molecule has 1 saturated heterocycles. The summed E-state index contributed by atoms with van der Waals surface area (Å²) in [6, 6.07) is 0. The SMILES string of the molecule is [CH2]C(O)COC(OCC1CO1)C(C)O. The van der Waals surface area contributed by atoms with Crippen LogP contribution < -0.4 is 0 Å². The van der Waals surface area contributed by atoms with Gasteiger partial charge in [0.25, 0.3) is 0 Å². The molecule has 1 aliphatic heterocycles. The summed E-state index contributed by atoms with van der Waals surface area (Å²) >= 11 is 0. The molecule has 0 aromatic heterocycles. The minimum Gasteiger partial charge on any atom is -0.391 e. The highest BCUT2D eigenvalue weighted by atomic mass is 16.7. The lowest BCUT2D eigenvalue weighted by molar-refractivity contribution is -0.198. The molecule has 0 aromatic rings. The van der Waals surface area contributed by atoms with Gasteiger partial charge in [-0.1, -0.05) is 0 Å². The lowest BCUT2D eigenvalue weighted by Crippen LogP contribution is -2.33. The Morgan fingerprint density at radius 2 is 2.14 bits per heavy atom. The molecule has 5 heteroatoms. The molecule has 1 rings (SSSR count). The van der Waals surface area contributed by atoms with Crippen molar-refractivity contribution in [2.75, 3.05) is 19.8 Å². The molecule has 14 heavy (non-hydrogen) atoms. The zero-order chi connectivity index (χ0) is 10.6. The van der Waals surface area contributed by atoms with Gasteiger partial charge in [0, 0.05) is 0 Å². The summed E-state index contributed by atoms with van der Waals surface area (Å²) in [4.78, 5) is 0. The van der Waals surface area contributed by atoms with Crippen molar-refractivity contribution < 1.29 is 24.4 Å². The molecule has 0 aromatic carbocycles. The maximum atomic E-state index is 9.27. The van der Waals surface area contributed by atoms with Gasteiger partial charge < -0.3 is 24.4 Å². The van der Waals surface area contributed by atoms with E-state index in [0.29, 0.717) is 13.2 Å². The van der Waals surface area contributed by atoms with Crippen LogP contribution in [0.1, 0.15) is 6.92 Å². The standard InChI is InChI=1S/C9H17O5/c1-6(10)3-13-9(7(2)11)14-5-8-4-12-8/h6-11H,1,3-5H2,2H3. The van der Waals surface area contributed by atoms with E-state index in [9.17, 15) is 5.11 Å². The number of aliphatic hydroxyl groups excluding tert-OH is 2. The van der Waals surface area contributed by atoms with Crippen LogP contribution in [0.5, 0.6) is 0 Å². The maximum absolute atomic E-state index is 9.27. The van der Waals surface area contributed by atoms with Crippen molar-refractivity contribution in [1.29, 1.82) is 0 Å². The molecule has 1 aliphatic rings. The van der Waals surface area contributed by atoms with E-state index in [-0.39, 0.29) is 12.7 Å². The summed E-state index contributed by atoms with van der Waals surface area (Å²) in [5, 5.41) is 18.1. The zero-order valence-electron chi connectivity index (χ0n) is 8.26. The second-order valence-corrected chi connectivity index (χ2v) is 3.38.